The molecule has 0 spiro atoms. The van der Waals surface area contributed by atoms with Crippen molar-refractivity contribution in [1.82, 2.24) is 5.32 Å². The monoisotopic (exact) mass is 429 g/mol. The minimum absolute atomic E-state index is 0.00559. The van der Waals surface area contributed by atoms with Crippen LogP contribution in [-0.2, 0) is 31.8 Å². The maximum Gasteiger partial charge on any atom is 0.416 e. The Hall–Kier alpha value is -3.55. The first-order chi connectivity index (χ1) is 14.8. The van der Waals surface area contributed by atoms with E-state index in [0.29, 0.717) is 11.4 Å². The van der Waals surface area contributed by atoms with Crippen molar-refractivity contribution in [2.24, 2.45) is 0 Å². The summed E-state index contributed by atoms with van der Waals surface area (Å²) in [6, 6.07) is 13.8. The average Bonchev–Trinajstić information content (AvgIpc) is 3.11. The second kappa shape index (κ2) is 7.94. The van der Waals surface area contributed by atoms with Crippen molar-refractivity contribution in [1.29, 1.82) is 0 Å². The van der Waals surface area contributed by atoms with Crippen LogP contribution >= 0.6 is 0 Å². The molecule has 0 saturated heterocycles. The summed E-state index contributed by atoms with van der Waals surface area (Å²) >= 11 is 0. The van der Waals surface area contributed by atoms with E-state index in [1.165, 1.54) is 18.2 Å². The lowest BCUT2D eigenvalue weighted by Gasteiger charge is -2.29. The van der Waals surface area contributed by atoms with Gasteiger partial charge in [0.1, 0.15) is 13.2 Å². The first-order valence-corrected chi connectivity index (χ1v) is 9.52. The van der Waals surface area contributed by atoms with Gasteiger partial charge in [0, 0.05) is 5.70 Å². The quantitative estimate of drug-likeness (QED) is 0.738. The Morgan fingerprint density at radius 1 is 1.13 bits per heavy atom. The van der Waals surface area contributed by atoms with Gasteiger partial charge in [0.2, 0.25) is 0 Å². The zero-order valence-electron chi connectivity index (χ0n) is 16.5. The summed E-state index contributed by atoms with van der Waals surface area (Å²) in [6.07, 6.45) is -4.67. The van der Waals surface area contributed by atoms with Gasteiger partial charge in [-0.25, -0.2) is 9.59 Å². The molecule has 2 aromatic rings. The van der Waals surface area contributed by atoms with E-state index in [9.17, 15) is 22.8 Å². The van der Waals surface area contributed by atoms with E-state index in [1.807, 2.05) is 6.07 Å². The van der Waals surface area contributed by atoms with Crippen LogP contribution in [0.5, 0.6) is 0 Å². The van der Waals surface area contributed by atoms with Gasteiger partial charge in [-0.3, -0.25) is 0 Å². The maximum absolute atomic E-state index is 13.8. The Kier molecular flexibility index (Phi) is 5.31. The minimum atomic E-state index is -4.67. The van der Waals surface area contributed by atoms with Gasteiger partial charge in [-0.1, -0.05) is 48.5 Å². The van der Waals surface area contributed by atoms with E-state index in [2.05, 4.69) is 5.32 Å². The van der Waals surface area contributed by atoms with Crippen LogP contribution in [0.2, 0.25) is 0 Å². The maximum atomic E-state index is 13.8. The molecule has 1 N–H and O–H groups in total. The molecule has 5 nitrogen and oxygen atoms in total. The van der Waals surface area contributed by atoms with Crippen LogP contribution in [0.1, 0.15) is 29.5 Å². The van der Waals surface area contributed by atoms with Crippen LogP contribution in [0.25, 0.3) is 0 Å². The number of rotatable bonds is 4. The van der Waals surface area contributed by atoms with E-state index >= 15 is 0 Å². The third-order valence-electron chi connectivity index (χ3n) is 5.22. The second-order valence-corrected chi connectivity index (χ2v) is 7.21. The molecular weight excluding hydrogens is 411 g/mol. The van der Waals surface area contributed by atoms with Crippen molar-refractivity contribution in [2.75, 3.05) is 6.61 Å². The summed E-state index contributed by atoms with van der Waals surface area (Å²) < 4.78 is 51.7. The number of nitrogens with one attached hydrogen (secondary N) is 1. The number of halogens is 3. The summed E-state index contributed by atoms with van der Waals surface area (Å²) in [5.74, 6) is -2.82. The summed E-state index contributed by atoms with van der Waals surface area (Å²) in [5.41, 5.74) is 0.217. The number of hydrogen-bond donors (Lipinski definition) is 1. The Labute approximate surface area is 176 Å². The molecule has 0 radical (unpaired) electrons. The molecular formula is C23H18F3NO4. The smallest absolute Gasteiger partial charge is 0.416 e. The lowest BCUT2D eigenvalue weighted by atomic mass is 9.79. The summed E-state index contributed by atoms with van der Waals surface area (Å²) in [7, 11) is 0. The van der Waals surface area contributed by atoms with Gasteiger partial charge in [0.05, 0.1) is 28.3 Å². The van der Waals surface area contributed by atoms with Gasteiger partial charge in [-0.2, -0.15) is 13.2 Å². The fourth-order valence-electron chi connectivity index (χ4n) is 3.86. The highest BCUT2D eigenvalue weighted by Gasteiger charge is 2.45. The summed E-state index contributed by atoms with van der Waals surface area (Å²) in [4.78, 5) is 25.5. The van der Waals surface area contributed by atoms with Crippen molar-refractivity contribution in [3.05, 3.63) is 93.8 Å². The zero-order chi connectivity index (χ0) is 22.2. The Morgan fingerprint density at radius 3 is 2.52 bits per heavy atom. The van der Waals surface area contributed by atoms with Crippen molar-refractivity contribution in [2.45, 2.75) is 25.6 Å². The average molecular weight is 429 g/mol. The molecule has 8 heteroatoms. The van der Waals surface area contributed by atoms with E-state index in [0.717, 1.165) is 11.6 Å². The third kappa shape index (κ3) is 3.93. The predicted molar refractivity (Wildman–Crippen MR) is 104 cm³/mol. The van der Waals surface area contributed by atoms with Crippen LogP contribution in [0, 0.1) is 0 Å². The second-order valence-electron chi connectivity index (χ2n) is 7.21. The first kappa shape index (κ1) is 20.7. The number of ether oxygens (including phenoxy) is 2. The van der Waals surface area contributed by atoms with Crippen LogP contribution in [-0.4, -0.2) is 18.5 Å². The molecule has 0 aliphatic carbocycles. The van der Waals surface area contributed by atoms with Gasteiger partial charge in [-0.05, 0) is 24.1 Å². The SMILES string of the molecule is CC1=C(C(=O)OCc2ccccc2)C(c2ccccc2C(F)(F)F)C2=C(COC2=O)N1. The topological polar surface area (TPSA) is 64.6 Å². The number of cyclic esters (lactones) is 1. The van der Waals surface area contributed by atoms with Crippen LogP contribution in [0.15, 0.2) is 77.1 Å². The molecule has 2 aliphatic heterocycles. The van der Waals surface area contributed by atoms with Crippen molar-refractivity contribution >= 4 is 11.9 Å². The molecule has 0 saturated carbocycles. The highest BCUT2D eigenvalue weighted by Crippen LogP contribution is 2.45. The Bertz CT molecular complexity index is 1100. The molecule has 1 atom stereocenters. The van der Waals surface area contributed by atoms with Gasteiger partial charge < -0.3 is 14.8 Å². The molecule has 0 bridgehead atoms. The highest BCUT2D eigenvalue weighted by atomic mass is 19.4. The number of hydrogen-bond acceptors (Lipinski definition) is 5. The molecule has 1 unspecified atom stereocenters. The largest absolute Gasteiger partial charge is 0.457 e. The molecule has 160 valence electrons. The van der Waals surface area contributed by atoms with Crippen molar-refractivity contribution < 1.29 is 32.2 Å². The van der Waals surface area contributed by atoms with Crippen molar-refractivity contribution in [3.8, 4) is 0 Å². The molecule has 0 amide bonds. The fourth-order valence-corrected chi connectivity index (χ4v) is 3.86. The standard InChI is InChI=1S/C23H18F3NO4/c1-13-18(21(28)30-11-14-7-3-2-4-8-14)19(20-17(27-13)12-31-22(20)29)15-9-5-6-10-16(15)23(24,25)26/h2-10,19,27H,11-12H2,1H3. The van der Waals surface area contributed by atoms with E-state index in [4.69, 9.17) is 9.47 Å². The molecule has 2 aliphatic rings. The Morgan fingerprint density at radius 2 is 1.81 bits per heavy atom. The molecule has 0 fully saturated rings. The molecule has 2 heterocycles. The number of alkyl halides is 3. The fraction of sp³-hybridized carbons (Fsp3) is 0.217. The predicted octanol–water partition coefficient (Wildman–Crippen LogP) is 4.22. The van der Waals surface area contributed by atoms with Gasteiger partial charge >= 0.3 is 18.1 Å². The normalized spacial score (nSPS) is 18.5. The lowest BCUT2D eigenvalue weighted by molar-refractivity contribution is -0.142. The van der Waals surface area contributed by atoms with E-state index in [-0.39, 0.29) is 29.9 Å². The Balaban J connectivity index is 1.77. The van der Waals surface area contributed by atoms with Crippen LogP contribution in [0.3, 0.4) is 0 Å². The lowest BCUT2D eigenvalue weighted by Crippen LogP contribution is -2.31. The van der Waals surface area contributed by atoms with Crippen LogP contribution in [0.4, 0.5) is 13.2 Å². The number of carbonyl (C=O) groups excluding carboxylic acids is 2. The van der Waals surface area contributed by atoms with Crippen molar-refractivity contribution in [3.63, 3.8) is 0 Å². The minimum Gasteiger partial charge on any atom is -0.457 e. The van der Waals surface area contributed by atoms with E-state index in [1.54, 1.807) is 31.2 Å². The number of benzene rings is 2. The molecule has 31 heavy (non-hydrogen) atoms. The number of dihydropyridines is 1. The van der Waals surface area contributed by atoms with Gasteiger partial charge in [-0.15, -0.1) is 0 Å². The van der Waals surface area contributed by atoms with Gasteiger partial charge in [0.25, 0.3) is 0 Å². The van der Waals surface area contributed by atoms with E-state index < -0.39 is 29.6 Å². The number of esters is 2. The third-order valence-corrected chi connectivity index (χ3v) is 5.22. The zero-order valence-corrected chi connectivity index (χ0v) is 16.5. The highest BCUT2D eigenvalue weighted by molar-refractivity contribution is 6.01. The summed E-state index contributed by atoms with van der Waals surface area (Å²) in [5, 5.41) is 2.93. The summed E-state index contributed by atoms with van der Waals surface area (Å²) in [6.45, 7) is 1.41. The first-order valence-electron chi connectivity index (χ1n) is 9.52. The van der Waals surface area contributed by atoms with Gasteiger partial charge in [0.15, 0.2) is 0 Å². The molecule has 0 aromatic heterocycles. The molecule has 2 aromatic carbocycles. The van der Waals surface area contributed by atoms with Crippen LogP contribution < -0.4 is 5.32 Å². The molecule has 4 rings (SSSR count). The number of allylic oxidation sites excluding steroid dienone is 1. The number of carbonyl (C=O) groups is 2.